The Morgan fingerprint density at radius 2 is 2.43 bits per heavy atom. The number of nitrogens with one attached hydrogen (secondary N) is 1. The second kappa shape index (κ2) is 6.87. The SMILES string of the molecule is O=C(NCCCOCC1CC1)c1cc(-c2cccs2)on1. The van der Waals surface area contributed by atoms with Crippen LogP contribution in [0, 0.1) is 5.92 Å². The van der Waals surface area contributed by atoms with Crippen LogP contribution >= 0.6 is 11.3 Å². The summed E-state index contributed by atoms with van der Waals surface area (Å²) in [5, 5.41) is 8.59. The third kappa shape index (κ3) is 4.15. The molecule has 0 spiro atoms. The van der Waals surface area contributed by atoms with Gasteiger partial charge in [0.05, 0.1) is 4.88 Å². The van der Waals surface area contributed by atoms with Crippen LogP contribution in [0.4, 0.5) is 0 Å². The van der Waals surface area contributed by atoms with Gasteiger partial charge in [-0.25, -0.2) is 0 Å². The van der Waals surface area contributed by atoms with Gasteiger partial charge in [0.25, 0.3) is 5.91 Å². The predicted octanol–water partition coefficient (Wildman–Crippen LogP) is 2.95. The molecule has 1 N–H and O–H groups in total. The number of carbonyl (C=O) groups excluding carboxylic acids is 1. The quantitative estimate of drug-likeness (QED) is 0.762. The lowest BCUT2D eigenvalue weighted by molar-refractivity contribution is 0.0929. The van der Waals surface area contributed by atoms with Gasteiger partial charge in [-0.15, -0.1) is 11.3 Å². The third-order valence-corrected chi connectivity index (χ3v) is 4.19. The topological polar surface area (TPSA) is 64.4 Å². The Morgan fingerprint density at radius 3 is 3.19 bits per heavy atom. The number of ether oxygens (including phenoxy) is 1. The third-order valence-electron chi connectivity index (χ3n) is 3.31. The highest BCUT2D eigenvalue weighted by molar-refractivity contribution is 7.13. The van der Waals surface area contributed by atoms with Gasteiger partial charge in [0.1, 0.15) is 0 Å². The highest BCUT2D eigenvalue weighted by atomic mass is 32.1. The van der Waals surface area contributed by atoms with E-state index in [1.54, 1.807) is 17.4 Å². The molecule has 0 aromatic carbocycles. The van der Waals surface area contributed by atoms with Crippen molar-refractivity contribution >= 4 is 17.2 Å². The molecule has 5 nitrogen and oxygen atoms in total. The Morgan fingerprint density at radius 1 is 1.52 bits per heavy atom. The molecule has 0 aliphatic heterocycles. The number of nitrogens with zero attached hydrogens (tertiary/aromatic N) is 1. The van der Waals surface area contributed by atoms with Gasteiger partial charge in [-0.3, -0.25) is 4.79 Å². The molecule has 1 fully saturated rings. The summed E-state index contributed by atoms with van der Waals surface area (Å²) >= 11 is 1.55. The Labute approximate surface area is 127 Å². The number of hydrogen-bond donors (Lipinski definition) is 1. The van der Waals surface area contributed by atoms with Gasteiger partial charge in [0.2, 0.25) is 0 Å². The Hall–Kier alpha value is -1.66. The second-order valence-electron chi connectivity index (χ2n) is 5.18. The van der Waals surface area contributed by atoms with Crippen LogP contribution in [0.1, 0.15) is 29.8 Å². The molecule has 112 valence electrons. The van der Waals surface area contributed by atoms with Crippen molar-refractivity contribution in [1.29, 1.82) is 0 Å². The number of amides is 1. The molecule has 2 aromatic heterocycles. The maximum Gasteiger partial charge on any atom is 0.273 e. The number of carbonyl (C=O) groups is 1. The van der Waals surface area contributed by atoms with Crippen LogP contribution in [0.3, 0.4) is 0 Å². The van der Waals surface area contributed by atoms with Crippen LogP contribution in [-0.2, 0) is 4.74 Å². The van der Waals surface area contributed by atoms with E-state index in [4.69, 9.17) is 9.26 Å². The van der Waals surface area contributed by atoms with E-state index in [1.165, 1.54) is 12.8 Å². The van der Waals surface area contributed by atoms with Crippen molar-refractivity contribution < 1.29 is 14.1 Å². The summed E-state index contributed by atoms with van der Waals surface area (Å²) in [6.45, 7) is 2.14. The van der Waals surface area contributed by atoms with Crippen molar-refractivity contribution in [3.63, 3.8) is 0 Å². The lowest BCUT2D eigenvalue weighted by Crippen LogP contribution is -2.25. The van der Waals surface area contributed by atoms with E-state index in [0.717, 1.165) is 23.8 Å². The molecule has 1 aliphatic carbocycles. The van der Waals surface area contributed by atoms with Crippen molar-refractivity contribution in [3.05, 3.63) is 29.3 Å². The van der Waals surface area contributed by atoms with Gasteiger partial charge < -0.3 is 14.6 Å². The van der Waals surface area contributed by atoms with Gasteiger partial charge >= 0.3 is 0 Å². The van der Waals surface area contributed by atoms with Gasteiger partial charge in [0, 0.05) is 25.8 Å². The van der Waals surface area contributed by atoms with Crippen molar-refractivity contribution in [1.82, 2.24) is 10.5 Å². The van der Waals surface area contributed by atoms with Crippen LogP contribution in [0.15, 0.2) is 28.1 Å². The molecule has 0 unspecified atom stereocenters. The molecular formula is C15H18N2O3S. The van der Waals surface area contributed by atoms with E-state index in [0.29, 0.717) is 24.6 Å². The summed E-state index contributed by atoms with van der Waals surface area (Å²) in [4.78, 5) is 12.9. The molecule has 0 saturated heterocycles. The normalized spacial score (nSPS) is 14.3. The van der Waals surface area contributed by atoms with E-state index in [-0.39, 0.29) is 5.91 Å². The van der Waals surface area contributed by atoms with Crippen LogP contribution in [0.2, 0.25) is 0 Å². The molecule has 1 saturated carbocycles. The highest BCUT2D eigenvalue weighted by Crippen LogP contribution is 2.28. The maximum atomic E-state index is 11.9. The fourth-order valence-corrected chi connectivity index (χ4v) is 2.59. The molecule has 0 radical (unpaired) electrons. The molecule has 2 heterocycles. The van der Waals surface area contributed by atoms with E-state index in [9.17, 15) is 4.79 Å². The molecule has 0 atom stereocenters. The molecule has 1 aliphatic rings. The first-order valence-electron chi connectivity index (χ1n) is 7.19. The summed E-state index contributed by atoms with van der Waals surface area (Å²) in [6.07, 6.45) is 3.42. The summed E-state index contributed by atoms with van der Waals surface area (Å²) in [6, 6.07) is 5.54. The first-order chi connectivity index (χ1) is 10.3. The Balaban J connectivity index is 1.38. The standard InChI is InChI=1S/C15H18N2O3S/c18-15(16-6-2-7-19-10-11-4-5-11)12-9-13(20-17-12)14-3-1-8-21-14/h1,3,8-9,11H,2,4-7,10H2,(H,16,18). The minimum absolute atomic E-state index is 0.205. The minimum Gasteiger partial charge on any atom is -0.381 e. The lowest BCUT2D eigenvalue weighted by Gasteiger charge is -2.04. The van der Waals surface area contributed by atoms with Crippen LogP contribution < -0.4 is 5.32 Å². The molecule has 1 amide bonds. The molecule has 2 aromatic rings. The number of rotatable bonds is 8. The first kappa shape index (κ1) is 14.3. The monoisotopic (exact) mass is 306 g/mol. The van der Waals surface area contributed by atoms with Gasteiger partial charge in [-0.2, -0.15) is 0 Å². The largest absolute Gasteiger partial charge is 0.381 e. The fraction of sp³-hybridized carbons (Fsp3) is 0.467. The molecule has 21 heavy (non-hydrogen) atoms. The zero-order chi connectivity index (χ0) is 14.5. The number of thiophene rings is 1. The Kier molecular flexibility index (Phi) is 4.67. The van der Waals surface area contributed by atoms with Gasteiger partial charge in [-0.05, 0) is 36.6 Å². The van der Waals surface area contributed by atoms with Gasteiger partial charge in [-0.1, -0.05) is 11.2 Å². The molecule has 0 bridgehead atoms. The fourth-order valence-electron chi connectivity index (χ4n) is 1.92. The van der Waals surface area contributed by atoms with E-state index < -0.39 is 0 Å². The van der Waals surface area contributed by atoms with Crippen molar-refractivity contribution in [2.24, 2.45) is 5.92 Å². The first-order valence-corrected chi connectivity index (χ1v) is 8.07. The summed E-state index contributed by atoms with van der Waals surface area (Å²) in [5.41, 5.74) is 0.317. The van der Waals surface area contributed by atoms with Gasteiger partial charge in [0.15, 0.2) is 11.5 Å². The van der Waals surface area contributed by atoms with E-state index in [1.807, 2.05) is 17.5 Å². The van der Waals surface area contributed by atoms with Crippen LogP contribution in [0.25, 0.3) is 10.6 Å². The summed E-state index contributed by atoms with van der Waals surface area (Å²) in [5.74, 6) is 1.21. The molecule has 3 rings (SSSR count). The average Bonchev–Trinajstić information content (AvgIpc) is 2.96. The summed E-state index contributed by atoms with van der Waals surface area (Å²) in [7, 11) is 0. The van der Waals surface area contributed by atoms with Crippen LogP contribution in [-0.4, -0.2) is 30.8 Å². The lowest BCUT2D eigenvalue weighted by atomic mass is 10.3. The number of hydrogen-bond acceptors (Lipinski definition) is 5. The molecule has 6 heteroatoms. The smallest absolute Gasteiger partial charge is 0.273 e. The Bertz CT molecular complexity index is 576. The summed E-state index contributed by atoms with van der Waals surface area (Å²) < 4.78 is 10.7. The zero-order valence-electron chi connectivity index (χ0n) is 11.7. The maximum absolute atomic E-state index is 11.9. The molecular weight excluding hydrogens is 288 g/mol. The number of aromatic nitrogens is 1. The predicted molar refractivity (Wildman–Crippen MR) is 80.3 cm³/mol. The zero-order valence-corrected chi connectivity index (χ0v) is 12.5. The van der Waals surface area contributed by atoms with Crippen molar-refractivity contribution in [2.45, 2.75) is 19.3 Å². The second-order valence-corrected chi connectivity index (χ2v) is 6.13. The highest BCUT2D eigenvalue weighted by Gasteiger charge is 2.20. The van der Waals surface area contributed by atoms with Crippen molar-refractivity contribution in [3.8, 4) is 10.6 Å². The average molecular weight is 306 g/mol. The van der Waals surface area contributed by atoms with E-state index in [2.05, 4.69) is 10.5 Å². The minimum atomic E-state index is -0.205. The van der Waals surface area contributed by atoms with E-state index >= 15 is 0 Å². The van der Waals surface area contributed by atoms with Crippen LogP contribution in [0.5, 0.6) is 0 Å². The van der Waals surface area contributed by atoms with Crippen molar-refractivity contribution in [2.75, 3.05) is 19.8 Å².